The number of amides is 1. The third-order valence-electron chi connectivity index (χ3n) is 6.62. The summed E-state index contributed by atoms with van der Waals surface area (Å²) in [5.74, 6) is 2.56. The first kappa shape index (κ1) is 23.6. The Kier molecular flexibility index (Phi) is 6.91. The third-order valence-corrected chi connectivity index (χ3v) is 7.11. The highest BCUT2D eigenvalue weighted by atomic mass is 79.9. The molecule has 35 heavy (non-hydrogen) atoms. The van der Waals surface area contributed by atoms with E-state index >= 15 is 0 Å². The second-order valence-electron chi connectivity index (χ2n) is 9.39. The first-order valence-electron chi connectivity index (χ1n) is 12.2. The van der Waals surface area contributed by atoms with Crippen molar-refractivity contribution in [2.24, 2.45) is 0 Å². The summed E-state index contributed by atoms with van der Waals surface area (Å²) in [7, 11) is 0. The van der Waals surface area contributed by atoms with Crippen molar-refractivity contribution in [2.75, 3.05) is 18.1 Å². The summed E-state index contributed by atoms with van der Waals surface area (Å²) in [6.07, 6.45) is 1.32. The van der Waals surface area contributed by atoms with Gasteiger partial charge in [0.1, 0.15) is 11.6 Å². The smallest absolute Gasteiger partial charge is 0.227 e. The fourth-order valence-electron chi connectivity index (χ4n) is 4.91. The number of aryl methyl sites for hydroxylation is 1. The SMILES string of the molecule is CC(C)c1ccccc1OCCCn1c(C2CC(=O)N(c3cccc(Br)c3)C2)nc2ccccc21. The average molecular weight is 532 g/mol. The molecule has 5 rings (SSSR count). The molecule has 1 amide bonds. The van der Waals surface area contributed by atoms with E-state index in [0.29, 0.717) is 25.5 Å². The highest BCUT2D eigenvalue weighted by Crippen LogP contribution is 2.34. The summed E-state index contributed by atoms with van der Waals surface area (Å²) in [5, 5.41) is 0. The van der Waals surface area contributed by atoms with Gasteiger partial charge in [0.2, 0.25) is 5.91 Å². The maximum atomic E-state index is 13.0. The molecule has 2 heterocycles. The van der Waals surface area contributed by atoms with Crippen molar-refractivity contribution in [1.29, 1.82) is 0 Å². The van der Waals surface area contributed by atoms with Gasteiger partial charge in [-0.3, -0.25) is 4.79 Å². The molecule has 1 fully saturated rings. The number of ether oxygens (including phenoxy) is 1. The molecule has 0 N–H and O–H groups in total. The van der Waals surface area contributed by atoms with Gasteiger partial charge in [0.15, 0.2) is 0 Å². The van der Waals surface area contributed by atoms with Crippen molar-refractivity contribution in [2.45, 2.75) is 45.1 Å². The second-order valence-corrected chi connectivity index (χ2v) is 10.3. The lowest BCUT2D eigenvalue weighted by molar-refractivity contribution is -0.117. The Morgan fingerprint density at radius 3 is 2.69 bits per heavy atom. The number of rotatable bonds is 8. The Labute approximate surface area is 214 Å². The molecular weight excluding hydrogens is 502 g/mol. The zero-order valence-electron chi connectivity index (χ0n) is 20.2. The first-order valence-corrected chi connectivity index (χ1v) is 13.0. The molecule has 0 spiro atoms. The molecule has 1 atom stereocenters. The van der Waals surface area contributed by atoms with Crippen molar-refractivity contribution in [1.82, 2.24) is 9.55 Å². The molecule has 3 aromatic carbocycles. The molecule has 0 bridgehead atoms. The molecule has 1 aromatic heterocycles. The molecule has 0 radical (unpaired) electrons. The Morgan fingerprint density at radius 2 is 1.86 bits per heavy atom. The van der Waals surface area contributed by atoms with E-state index in [1.54, 1.807) is 0 Å². The van der Waals surface area contributed by atoms with Crippen LogP contribution in [-0.4, -0.2) is 28.6 Å². The van der Waals surface area contributed by atoms with Crippen LogP contribution < -0.4 is 9.64 Å². The quantitative estimate of drug-likeness (QED) is 0.232. The van der Waals surface area contributed by atoms with Crippen LogP contribution >= 0.6 is 15.9 Å². The Hall–Kier alpha value is -3.12. The van der Waals surface area contributed by atoms with Gasteiger partial charge < -0.3 is 14.2 Å². The molecule has 1 saturated heterocycles. The number of hydrogen-bond acceptors (Lipinski definition) is 3. The van der Waals surface area contributed by atoms with Crippen molar-refractivity contribution in [3.8, 4) is 5.75 Å². The summed E-state index contributed by atoms with van der Waals surface area (Å²) in [6, 6.07) is 24.4. The van der Waals surface area contributed by atoms with Gasteiger partial charge in [-0.1, -0.05) is 66.2 Å². The summed E-state index contributed by atoms with van der Waals surface area (Å²) >= 11 is 3.52. The lowest BCUT2D eigenvalue weighted by Gasteiger charge is -2.18. The van der Waals surface area contributed by atoms with Crippen LogP contribution in [0.3, 0.4) is 0 Å². The predicted molar refractivity (Wildman–Crippen MR) is 144 cm³/mol. The van der Waals surface area contributed by atoms with E-state index in [-0.39, 0.29) is 11.8 Å². The number of anilines is 1. The molecule has 1 aliphatic heterocycles. The lowest BCUT2D eigenvalue weighted by atomic mass is 10.0. The topological polar surface area (TPSA) is 47.4 Å². The standard InChI is InChI=1S/C29H30BrN3O2/c1-20(2)24-11-3-6-14-27(24)35-16-8-15-32-26-13-5-4-12-25(26)31-29(32)21-17-28(34)33(19-21)23-10-7-9-22(30)18-23/h3-7,9-14,18,20-21H,8,15-17,19H2,1-2H3. The van der Waals surface area contributed by atoms with Crippen molar-refractivity contribution < 1.29 is 9.53 Å². The van der Waals surface area contributed by atoms with Crippen molar-refractivity contribution in [3.63, 3.8) is 0 Å². The molecular formula is C29H30BrN3O2. The van der Waals surface area contributed by atoms with Crippen LogP contribution in [0.15, 0.2) is 77.3 Å². The maximum absolute atomic E-state index is 13.0. The zero-order valence-corrected chi connectivity index (χ0v) is 21.7. The van der Waals surface area contributed by atoms with E-state index in [1.807, 2.05) is 59.5 Å². The molecule has 180 valence electrons. The van der Waals surface area contributed by atoms with Crippen LogP contribution in [0.2, 0.25) is 0 Å². The predicted octanol–water partition coefficient (Wildman–Crippen LogP) is 6.91. The average Bonchev–Trinajstić information content (AvgIpc) is 3.42. The number of halogens is 1. The van der Waals surface area contributed by atoms with E-state index < -0.39 is 0 Å². The molecule has 5 nitrogen and oxygen atoms in total. The number of fused-ring (bicyclic) bond motifs is 1. The molecule has 0 aliphatic carbocycles. The number of benzene rings is 3. The minimum Gasteiger partial charge on any atom is -0.493 e. The Bertz CT molecular complexity index is 1350. The molecule has 6 heteroatoms. The van der Waals surface area contributed by atoms with Gasteiger partial charge in [-0.25, -0.2) is 4.98 Å². The molecule has 4 aromatic rings. The van der Waals surface area contributed by atoms with Crippen LogP contribution in [0.5, 0.6) is 5.75 Å². The molecule has 0 saturated carbocycles. The number of nitrogens with zero attached hydrogens (tertiary/aromatic N) is 3. The summed E-state index contributed by atoms with van der Waals surface area (Å²) < 4.78 is 9.43. The van der Waals surface area contributed by atoms with Gasteiger partial charge in [-0.2, -0.15) is 0 Å². The van der Waals surface area contributed by atoms with Crippen LogP contribution in [0, 0.1) is 0 Å². The van der Waals surface area contributed by atoms with Crippen molar-refractivity contribution >= 4 is 38.6 Å². The largest absolute Gasteiger partial charge is 0.493 e. The number of para-hydroxylation sites is 3. The van der Waals surface area contributed by atoms with E-state index in [2.05, 4.69) is 52.5 Å². The Balaban J connectivity index is 1.34. The maximum Gasteiger partial charge on any atom is 0.227 e. The van der Waals surface area contributed by atoms with Crippen LogP contribution in [-0.2, 0) is 11.3 Å². The molecule has 1 aliphatic rings. The Morgan fingerprint density at radius 1 is 1.06 bits per heavy atom. The van der Waals surface area contributed by atoms with Crippen molar-refractivity contribution in [3.05, 3.63) is 88.7 Å². The number of carbonyl (C=O) groups is 1. The molecule has 1 unspecified atom stereocenters. The van der Waals surface area contributed by atoms with Gasteiger partial charge in [0.05, 0.1) is 17.6 Å². The van der Waals surface area contributed by atoms with Gasteiger partial charge in [-0.05, 0) is 54.3 Å². The van der Waals surface area contributed by atoms with Crippen LogP contribution in [0.4, 0.5) is 5.69 Å². The minimum absolute atomic E-state index is 0.0523. The van der Waals surface area contributed by atoms with Gasteiger partial charge in [-0.15, -0.1) is 0 Å². The van der Waals surface area contributed by atoms with E-state index in [0.717, 1.165) is 45.7 Å². The van der Waals surface area contributed by atoms with Crippen LogP contribution in [0.25, 0.3) is 11.0 Å². The van der Waals surface area contributed by atoms with E-state index in [4.69, 9.17) is 9.72 Å². The highest BCUT2D eigenvalue weighted by Gasteiger charge is 2.34. The minimum atomic E-state index is 0.0523. The normalized spacial score (nSPS) is 15.9. The fourth-order valence-corrected chi connectivity index (χ4v) is 5.30. The third kappa shape index (κ3) is 4.98. The number of imidazole rings is 1. The highest BCUT2D eigenvalue weighted by molar-refractivity contribution is 9.10. The number of aromatic nitrogens is 2. The van der Waals surface area contributed by atoms with Crippen LogP contribution in [0.1, 0.15) is 49.9 Å². The summed E-state index contributed by atoms with van der Waals surface area (Å²) in [4.78, 5) is 19.8. The first-order chi connectivity index (χ1) is 17.0. The number of carbonyl (C=O) groups excluding carboxylic acids is 1. The zero-order chi connectivity index (χ0) is 24.4. The van der Waals surface area contributed by atoms with Gasteiger partial charge in [0.25, 0.3) is 0 Å². The van der Waals surface area contributed by atoms with E-state index in [9.17, 15) is 4.79 Å². The van der Waals surface area contributed by atoms with Gasteiger partial charge in [0, 0.05) is 35.6 Å². The number of hydrogen-bond donors (Lipinski definition) is 0. The summed E-state index contributed by atoms with van der Waals surface area (Å²) in [6.45, 7) is 6.43. The lowest BCUT2D eigenvalue weighted by Crippen LogP contribution is -2.24. The van der Waals surface area contributed by atoms with Gasteiger partial charge >= 0.3 is 0 Å². The van der Waals surface area contributed by atoms with E-state index in [1.165, 1.54) is 5.56 Å². The second kappa shape index (κ2) is 10.2. The fraction of sp³-hybridized carbons (Fsp3) is 0.310. The summed E-state index contributed by atoms with van der Waals surface area (Å²) in [5.41, 5.74) is 4.24. The monoisotopic (exact) mass is 531 g/mol.